The van der Waals surface area contributed by atoms with Crippen molar-refractivity contribution in [3.63, 3.8) is 0 Å². The minimum Gasteiger partial charge on any atom is -0.763 e. The van der Waals surface area contributed by atoms with E-state index in [1.165, 1.54) is 38.4 Å². The van der Waals surface area contributed by atoms with Gasteiger partial charge in [-0.3, -0.25) is 15.9 Å². The summed E-state index contributed by atoms with van der Waals surface area (Å²) < 4.78 is 0. The highest BCUT2D eigenvalue weighted by Crippen LogP contribution is 1.99. The van der Waals surface area contributed by atoms with E-state index in [0.29, 0.717) is 0 Å². The first-order valence-electron chi connectivity index (χ1n) is 5.65. The minimum absolute atomic E-state index is 0.0419. The van der Waals surface area contributed by atoms with Gasteiger partial charge in [-0.15, -0.1) is 0 Å². The van der Waals surface area contributed by atoms with Gasteiger partial charge in [0, 0.05) is 19.7 Å². The van der Waals surface area contributed by atoms with Crippen LogP contribution in [0.25, 0.3) is 5.41 Å². The fourth-order valence-corrected chi connectivity index (χ4v) is 1.17. The molecule has 0 aliphatic rings. The molecule has 0 N–H and O–H groups in total. The number of nitriles is 3. The fourth-order valence-electron chi connectivity index (χ4n) is 1.17. The normalized spacial score (nSPS) is 12.6. The lowest BCUT2D eigenvalue weighted by Crippen LogP contribution is -1.97. The summed E-state index contributed by atoms with van der Waals surface area (Å²) in [6.45, 7) is 0. The molecule has 0 aromatic heterocycles. The molecule has 0 bridgehead atoms. The third kappa shape index (κ3) is 5.77. The zero-order chi connectivity index (χ0) is 16.1. The summed E-state index contributed by atoms with van der Waals surface area (Å²) in [6, 6.07) is 5.48. The quantitative estimate of drug-likeness (QED) is 0.433. The van der Waals surface area contributed by atoms with E-state index in [2.05, 4.69) is 9.98 Å². The maximum Gasteiger partial charge on any atom is 0.152 e. The van der Waals surface area contributed by atoms with Crippen molar-refractivity contribution in [2.45, 2.75) is 0 Å². The van der Waals surface area contributed by atoms with Crippen LogP contribution in [0.4, 0.5) is 0 Å². The summed E-state index contributed by atoms with van der Waals surface area (Å²) in [6.07, 6.45) is 7.48. The summed E-state index contributed by atoms with van der Waals surface area (Å²) in [5, 5.41) is 35.3. The molecule has 0 heterocycles. The van der Waals surface area contributed by atoms with Crippen molar-refractivity contribution >= 4 is 17.3 Å². The number of rotatable bonds is 5. The summed E-state index contributed by atoms with van der Waals surface area (Å²) >= 11 is 0. The lowest BCUT2D eigenvalue weighted by atomic mass is 10.1. The van der Waals surface area contributed by atoms with Crippen LogP contribution in [0.2, 0.25) is 0 Å². The van der Waals surface area contributed by atoms with E-state index in [9.17, 15) is 0 Å². The molecular formula is C15H11N6-. The van der Waals surface area contributed by atoms with Gasteiger partial charge in [-0.25, -0.2) is 0 Å². The van der Waals surface area contributed by atoms with Gasteiger partial charge in [0.25, 0.3) is 0 Å². The molecule has 21 heavy (non-hydrogen) atoms. The third-order valence-corrected chi connectivity index (χ3v) is 2.16. The highest BCUT2D eigenvalue weighted by molar-refractivity contribution is 6.18. The van der Waals surface area contributed by atoms with Gasteiger partial charge in [0.2, 0.25) is 0 Å². The fraction of sp³-hybridized carbons (Fsp3) is 0.133. The van der Waals surface area contributed by atoms with Crippen molar-refractivity contribution in [2.24, 2.45) is 9.98 Å². The van der Waals surface area contributed by atoms with Gasteiger partial charge >= 0.3 is 0 Å². The zero-order valence-electron chi connectivity index (χ0n) is 11.6. The van der Waals surface area contributed by atoms with Gasteiger partial charge in [-0.05, 0) is 12.2 Å². The third-order valence-electron chi connectivity index (χ3n) is 2.16. The molecule has 0 radical (unpaired) electrons. The molecule has 0 unspecified atom stereocenters. The second-order valence-corrected chi connectivity index (χ2v) is 3.33. The van der Waals surface area contributed by atoms with E-state index < -0.39 is 0 Å². The molecular weight excluding hydrogens is 264 g/mol. The summed E-state index contributed by atoms with van der Waals surface area (Å²) in [5.74, 6) is 1.86. The predicted molar refractivity (Wildman–Crippen MR) is 81.8 cm³/mol. The first-order chi connectivity index (χ1) is 10.2. The molecule has 0 aliphatic carbocycles. The summed E-state index contributed by atoms with van der Waals surface area (Å²) in [5.41, 5.74) is 0.365. The largest absolute Gasteiger partial charge is 0.763 e. The zero-order valence-corrected chi connectivity index (χ0v) is 11.6. The number of nitrogens with zero attached hydrogens (tertiary/aromatic N) is 6. The average Bonchev–Trinajstić information content (AvgIpc) is 2.52. The summed E-state index contributed by atoms with van der Waals surface area (Å²) in [4.78, 5) is 7.35. The second kappa shape index (κ2) is 10.4. The Morgan fingerprint density at radius 1 is 0.905 bits per heavy atom. The van der Waals surface area contributed by atoms with Crippen LogP contribution in [0.5, 0.6) is 0 Å². The first-order valence-corrected chi connectivity index (χ1v) is 5.65. The van der Waals surface area contributed by atoms with E-state index in [-0.39, 0.29) is 22.6 Å². The molecule has 102 valence electrons. The van der Waals surface area contributed by atoms with E-state index in [1.807, 2.05) is 24.1 Å². The van der Waals surface area contributed by atoms with Crippen LogP contribution in [-0.2, 0) is 0 Å². The number of aliphatic imine (C=N–C) groups is 2. The predicted octanol–water partition coefficient (Wildman–Crippen LogP) is 1.90. The maximum absolute atomic E-state index is 8.88. The Hall–Kier alpha value is -3.52. The van der Waals surface area contributed by atoms with Crippen LogP contribution in [0.1, 0.15) is 0 Å². The van der Waals surface area contributed by atoms with Crippen LogP contribution < -0.4 is 0 Å². The first kappa shape index (κ1) is 17.5. The van der Waals surface area contributed by atoms with Crippen molar-refractivity contribution < 1.29 is 0 Å². The Morgan fingerprint density at radius 2 is 1.52 bits per heavy atom. The van der Waals surface area contributed by atoms with Crippen molar-refractivity contribution in [1.29, 1.82) is 15.8 Å². The highest BCUT2D eigenvalue weighted by Gasteiger charge is 2.01. The molecule has 0 saturated heterocycles. The smallest absolute Gasteiger partial charge is 0.152 e. The van der Waals surface area contributed by atoms with E-state index in [1.54, 1.807) is 6.08 Å². The van der Waals surface area contributed by atoms with Crippen molar-refractivity contribution in [2.75, 3.05) is 14.1 Å². The molecule has 0 fully saturated rings. The van der Waals surface area contributed by atoms with Gasteiger partial charge in [0.1, 0.15) is 23.9 Å². The van der Waals surface area contributed by atoms with Gasteiger partial charge in [-0.2, -0.15) is 15.8 Å². The van der Waals surface area contributed by atoms with Crippen LogP contribution in [0.15, 0.2) is 51.5 Å². The lowest BCUT2D eigenvalue weighted by Gasteiger charge is -1.94. The lowest BCUT2D eigenvalue weighted by molar-refractivity contribution is 1.42. The van der Waals surface area contributed by atoms with Gasteiger partial charge in [0.05, 0.1) is 5.57 Å². The molecule has 6 nitrogen and oxygen atoms in total. The van der Waals surface area contributed by atoms with Crippen LogP contribution in [-0.4, -0.2) is 31.4 Å². The van der Waals surface area contributed by atoms with Crippen LogP contribution in [0.3, 0.4) is 0 Å². The molecule has 6 heteroatoms. The van der Waals surface area contributed by atoms with Gasteiger partial charge in [0.15, 0.2) is 5.71 Å². The molecule has 0 saturated carbocycles. The van der Waals surface area contributed by atoms with E-state index in [0.717, 1.165) is 0 Å². The van der Waals surface area contributed by atoms with Gasteiger partial charge < -0.3 is 5.41 Å². The standard InChI is InChI=1S/C15H11N6/c1-20-14(10-18)12(8-16)6-4-3-5-7-13(9-17)15(11-19)21-2/h3-7H,1-2H3/q-1/b4-3?,7-5?,12-6+,20-14?,21-15?. The average molecular weight is 275 g/mol. The Morgan fingerprint density at radius 3 is 1.95 bits per heavy atom. The SMILES string of the molecule is CN=C(C#N)C(=C=[N-])C=CC=C/C=C(\C#N)C(C#N)=NC. The molecule has 0 aromatic carbocycles. The summed E-state index contributed by atoms with van der Waals surface area (Å²) in [7, 11) is 2.85. The number of hydrogen-bond acceptors (Lipinski definition) is 5. The minimum atomic E-state index is 0.0419. The Labute approximate surface area is 123 Å². The topological polar surface area (TPSA) is 118 Å². The monoisotopic (exact) mass is 275 g/mol. The van der Waals surface area contributed by atoms with Crippen molar-refractivity contribution in [1.82, 2.24) is 0 Å². The Kier molecular flexibility index (Phi) is 8.66. The van der Waals surface area contributed by atoms with E-state index in [4.69, 9.17) is 21.2 Å². The van der Waals surface area contributed by atoms with Crippen LogP contribution in [0, 0.1) is 34.0 Å². The van der Waals surface area contributed by atoms with Crippen molar-refractivity contribution in [3.8, 4) is 18.2 Å². The number of hydrogen-bond donors (Lipinski definition) is 0. The van der Waals surface area contributed by atoms with Crippen molar-refractivity contribution in [3.05, 3.63) is 46.9 Å². The van der Waals surface area contributed by atoms with E-state index >= 15 is 0 Å². The second-order valence-electron chi connectivity index (χ2n) is 3.33. The molecule has 0 aromatic rings. The molecule has 0 spiro atoms. The molecule has 0 rings (SSSR count). The maximum atomic E-state index is 8.88. The van der Waals surface area contributed by atoms with Crippen LogP contribution >= 0.6 is 0 Å². The van der Waals surface area contributed by atoms with Gasteiger partial charge in [-0.1, -0.05) is 18.2 Å². The Balaban J connectivity index is 5.09. The molecule has 0 amide bonds. The molecule has 0 atom stereocenters. The molecule has 0 aliphatic heterocycles. The Bertz CT molecular complexity index is 705. The number of allylic oxidation sites excluding steroid dienone is 7. The highest BCUT2D eigenvalue weighted by atomic mass is 14.7.